The van der Waals surface area contributed by atoms with E-state index in [0.29, 0.717) is 23.0 Å². The molecule has 0 aliphatic carbocycles. The molecule has 0 bridgehead atoms. The first-order valence-electron chi connectivity index (χ1n) is 10.4. The molecule has 3 amide bonds. The Kier molecular flexibility index (Phi) is 6.23. The molecule has 158 valence electrons. The summed E-state index contributed by atoms with van der Waals surface area (Å²) in [5, 5.41) is 7.09. The van der Waals surface area contributed by atoms with Gasteiger partial charge in [0.2, 0.25) is 5.91 Å². The van der Waals surface area contributed by atoms with Crippen LogP contribution in [0, 0.1) is 5.41 Å². The third-order valence-corrected chi connectivity index (χ3v) is 7.18. The molecule has 1 aromatic rings. The summed E-state index contributed by atoms with van der Waals surface area (Å²) in [5.74, 6) is 0.0780. The number of hydrogen-bond donors (Lipinski definition) is 2. The summed E-state index contributed by atoms with van der Waals surface area (Å²) in [6.07, 6.45) is 4.66. The number of hydrogen-bond acceptors (Lipinski definition) is 3. The van der Waals surface area contributed by atoms with Crippen molar-refractivity contribution in [2.75, 3.05) is 32.7 Å². The van der Waals surface area contributed by atoms with Gasteiger partial charge >= 0.3 is 6.03 Å². The Labute approximate surface area is 181 Å². The van der Waals surface area contributed by atoms with Crippen LogP contribution < -0.4 is 10.6 Å². The Balaban J connectivity index is 1.30. The average Bonchev–Trinajstić information content (AvgIpc) is 3.29. The summed E-state index contributed by atoms with van der Waals surface area (Å²) in [6.45, 7) is 4.99. The normalized spacial score (nSPS) is 27.4. The topological polar surface area (TPSA) is 64.7 Å². The first-order chi connectivity index (χ1) is 13.9. The molecule has 4 rings (SSSR count). The van der Waals surface area contributed by atoms with Crippen molar-refractivity contribution in [2.45, 2.75) is 44.7 Å². The molecule has 1 spiro atoms. The number of urea groups is 1. The summed E-state index contributed by atoms with van der Waals surface area (Å²) in [4.78, 5) is 28.4. The monoisotopic (exact) mass is 438 g/mol. The number of amides is 3. The molecule has 3 heterocycles. The fraction of sp³-hybridized carbons (Fsp3) is 0.619. The lowest BCUT2D eigenvalue weighted by Crippen LogP contribution is -2.52. The zero-order chi connectivity index (χ0) is 20.4. The number of nitrogens with one attached hydrogen (secondary N) is 2. The fourth-order valence-corrected chi connectivity index (χ4v) is 5.25. The smallest absolute Gasteiger partial charge is 0.317 e. The number of piperidine rings is 1. The first kappa shape index (κ1) is 20.8. The van der Waals surface area contributed by atoms with E-state index in [2.05, 4.69) is 15.5 Å². The van der Waals surface area contributed by atoms with E-state index in [0.717, 1.165) is 58.4 Å². The van der Waals surface area contributed by atoms with Crippen molar-refractivity contribution in [2.24, 2.45) is 5.41 Å². The van der Waals surface area contributed by atoms with Crippen molar-refractivity contribution in [3.63, 3.8) is 0 Å². The van der Waals surface area contributed by atoms with Gasteiger partial charge in [-0.3, -0.25) is 9.69 Å². The molecular formula is C21H28Cl2N4O2. The SMILES string of the molecule is O=C1CC[C@H](CNC(=O)N2CCCC3(CCN(Cc4ccc(Cl)c(Cl)c4)C3)C2)N1. The maximum absolute atomic E-state index is 12.7. The highest BCUT2D eigenvalue weighted by Gasteiger charge is 2.42. The van der Waals surface area contributed by atoms with Crippen molar-refractivity contribution >= 4 is 35.1 Å². The number of likely N-dealkylation sites (tertiary alicyclic amines) is 2. The van der Waals surface area contributed by atoms with Crippen LogP contribution >= 0.6 is 23.2 Å². The predicted octanol–water partition coefficient (Wildman–Crippen LogP) is 3.27. The van der Waals surface area contributed by atoms with E-state index in [9.17, 15) is 9.59 Å². The molecule has 0 saturated carbocycles. The van der Waals surface area contributed by atoms with E-state index in [4.69, 9.17) is 23.2 Å². The number of carbonyl (C=O) groups excluding carboxylic acids is 2. The molecular weight excluding hydrogens is 411 g/mol. The molecule has 1 aromatic carbocycles. The van der Waals surface area contributed by atoms with Crippen molar-refractivity contribution < 1.29 is 9.59 Å². The molecule has 3 fully saturated rings. The molecule has 3 aliphatic rings. The van der Waals surface area contributed by atoms with Crippen LogP contribution in [0.15, 0.2) is 18.2 Å². The van der Waals surface area contributed by atoms with E-state index >= 15 is 0 Å². The minimum absolute atomic E-state index is 0.00634. The van der Waals surface area contributed by atoms with Gasteiger partial charge < -0.3 is 15.5 Å². The van der Waals surface area contributed by atoms with Gasteiger partial charge in [0.15, 0.2) is 0 Å². The van der Waals surface area contributed by atoms with Crippen molar-refractivity contribution in [3.05, 3.63) is 33.8 Å². The summed E-state index contributed by atoms with van der Waals surface area (Å²) < 4.78 is 0. The van der Waals surface area contributed by atoms with Crippen molar-refractivity contribution in [3.8, 4) is 0 Å². The standard InChI is InChI=1S/C21H28Cl2N4O2/c22-17-4-2-15(10-18(17)23)12-26-9-7-21(13-26)6-1-8-27(14-21)20(29)24-11-16-3-5-19(28)25-16/h2,4,10,16H,1,3,5-9,11-14H2,(H,24,29)(H,25,28)/t16-,21?/m1/s1. The molecule has 3 aliphatic heterocycles. The van der Waals surface area contributed by atoms with Gasteiger partial charge in [0.05, 0.1) is 10.0 Å². The second kappa shape index (κ2) is 8.70. The summed E-state index contributed by atoms with van der Waals surface area (Å²) in [7, 11) is 0. The molecule has 29 heavy (non-hydrogen) atoms. The number of nitrogens with zero attached hydrogens (tertiary/aromatic N) is 2. The van der Waals surface area contributed by atoms with Gasteiger partial charge in [-0.1, -0.05) is 29.3 Å². The lowest BCUT2D eigenvalue weighted by Gasteiger charge is -2.40. The minimum atomic E-state index is -0.00634. The Morgan fingerprint density at radius 3 is 2.83 bits per heavy atom. The number of rotatable bonds is 4. The summed E-state index contributed by atoms with van der Waals surface area (Å²) >= 11 is 12.2. The van der Waals surface area contributed by atoms with Crippen LogP contribution in [0.3, 0.4) is 0 Å². The van der Waals surface area contributed by atoms with Crippen LogP contribution in [-0.2, 0) is 11.3 Å². The minimum Gasteiger partial charge on any atom is -0.352 e. The largest absolute Gasteiger partial charge is 0.352 e. The van der Waals surface area contributed by atoms with E-state index in [1.807, 2.05) is 23.1 Å². The predicted molar refractivity (Wildman–Crippen MR) is 114 cm³/mol. The Morgan fingerprint density at radius 2 is 2.07 bits per heavy atom. The molecule has 3 saturated heterocycles. The highest BCUT2D eigenvalue weighted by atomic mass is 35.5. The zero-order valence-electron chi connectivity index (χ0n) is 16.6. The van der Waals surface area contributed by atoms with Gasteiger partial charge in [0, 0.05) is 50.6 Å². The molecule has 2 N–H and O–H groups in total. The van der Waals surface area contributed by atoms with Crippen LogP contribution in [-0.4, -0.2) is 60.5 Å². The van der Waals surface area contributed by atoms with Gasteiger partial charge in [-0.25, -0.2) is 4.79 Å². The molecule has 0 radical (unpaired) electrons. The highest BCUT2D eigenvalue weighted by molar-refractivity contribution is 6.42. The highest BCUT2D eigenvalue weighted by Crippen LogP contribution is 2.39. The Bertz CT molecular complexity index is 790. The van der Waals surface area contributed by atoms with E-state index in [-0.39, 0.29) is 23.4 Å². The maximum Gasteiger partial charge on any atom is 0.317 e. The van der Waals surface area contributed by atoms with Crippen LogP contribution in [0.4, 0.5) is 4.79 Å². The lowest BCUT2D eigenvalue weighted by atomic mass is 9.79. The summed E-state index contributed by atoms with van der Waals surface area (Å²) in [5.41, 5.74) is 1.34. The Morgan fingerprint density at radius 1 is 1.21 bits per heavy atom. The van der Waals surface area contributed by atoms with Crippen LogP contribution in [0.5, 0.6) is 0 Å². The zero-order valence-corrected chi connectivity index (χ0v) is 18.1. The van der Waals surface area contributed by atoms with E-state index in [1.165, 1.54) is 5.56 Å². The second-order valence-corrected chi connectivity index (χ2v) is 9.54. The van der Waals surface area contributed by atoms with Gasteiger partial charge in [-0.2, -0.15) is 0 Å². The third-order valence-electron chi connectivity index (χ3n) is 6.44. The van der Waals surface area contributed by atoms with Crippen molar-refractivity contribution in [1.82, 2.24) is 20.4 Å². The Hall–Kier alpha value is -1.50. The molecule has 8 heteroatoms. The van der Waals surface area contributed by atoms with Crippen LogP contribution in [0.25, 0.3) is 0 Å². The van der Waals surface area contributed by atoms with Crippen LogP contribution in [0.2, 0.25) is 10.0 Å². The number of carbonyl (C=O) groups is 2. The molecule has 0 aromatic heterocycles. The fourth-order valence-electron chi connectivity index (χ4n) is 4.93. The molecule has 1 unspecified atom stereocenters. The van der Waals surface area contributed by atoms with Gasteiger partial charge in [0.1, 0.15) is 0 Å². The molecule has 6 nitrogen and oxygen atoms in total. The number of benzene rings is 1. The van der Waals surface area contributed by atoms with Gasteiger partial charge in [0.25, 0.3) is 0 Å². The quantitative estimate of drug-likeness (QED) is 0.757. The van der Waals surface area contributed by atoms with Gasteiger partial charge in [-0.05, 0) is 49.9 Å². The summed E-state index contributed by atoms with van der Waals surface area (Å²) in [6, 6.07) is 5.88. The average molecular weight is 439 g/mol. The van der Waals surface area contributed by atoms with Crippen molar-refractivity contribution in [1.29, 1.82) is 0 Å². The first-order valence-corrected chi connectivity index (χ1v) is 11.2. The number of halogens is 2. The lowest BCUT2D eigenvalue weighted by molar-refractivity contribution is -0.119. The molecule has 2 atom stereocenters. The maximum atomic E-state index is 12.7. The van der Waals surface area contributed by atoms with E-state index < -0.39 is 0 Å². The van der Waals surface area contributed by atoms with Gasteiger partial charge in [-0.15, -0.1) is 0 Å². The third kappa shape index (κ3) is 4.98. The second-order valence-electron chi connectivity index (χ2n) is 8.72. The van der Waals surface area contributed by atoms with E-state index in [1.54, 1.807) is 0 Å². The van der Waals surface area contributed by atoms with Crippen LogP contribution in [0.1, 0.15) is 37.7 Å².